The van der Waals surface area contributed by atoms with E-state index in [1.807, 2.05) is 12.1 Å². The second-order valence-electron chi connectivity index (χ2n) is 4.67. The fourth-order valence-electron chi connectivity index (χ4n) is 2.25. The Morgan fingerprint density at radius 1 is 1.35 bits per heavy atom. The van der Waals surface area contributed by atoms with Crippen LogP contribution in [0.25, 0.3) is 0 Å². The Hall–Kier alpha value is -2.69. The fraction of sp³-hybridized carbons (Fsp3) is 0.133. The average Bonchev–Trinajstić information content (AvgIpc) is 2.74. The van der Waals surface area contributed by atoms with E-state index in [4.69, 9.17) is 0 Å². The van der Waals surface area contributed by atoms with Crippen molar-refractivity contribution in [2.24, 2.45) is 0 Å². The standard InChI is InChI=1S/C15H13N3O2/c1-18-13-5-4-12(7-11(13)8-14(18)19)17-15(20)10-3-2-6-16-9-10/h2-7,9H,8H2,1H3,(H,17,20). The first-order chi connectivity index (χ1) is 9.65. The Morgan fingerprint density at radius 3 is 2.95 bits per heavy atom. The summed E-state index contributed by atoms with van der Waals surface area (Å²) < 4.78 is 0. The van der Waals surface area contributed by atoms with Crippen LogP contribution in [-0.4, -0.2) is 23.8 Å². The Balaban J connectivity index is 1.82. The normalized spacial score (nSPS) is 13.2. The minimum absolute atomic E-state index is 0.0655. The van der Waals surface area contributed by atoms with Crippen molar-refractivity contribution in [3.63, 3.8) is 0 Å². The van der Waals surface area contributed by atoms with Crippen LogP contribution in [-0.2, 0) is 11.2 Å². The summed E-state index contributed by atoms with van der Waals surface area (Å²) >= 11 is 0. The number of benzene rings is 1. The zero-order valence-corrected chi connectivity index (χ0v) is 11.0. The molecule has 3 rings (SSSR count). The number of carbonyl (C=O) groups excluding carboxylic acids is 2. The molecule has 1 aliphatic rings. The molecule has 5 heteroatoms. The Kier molecular flexibility index (Phi) is 2.95. The topological polar surface area (TPSA) is 62.3 Å². The molecule has 0 spiro atoms. The van der Waals surface area contributed by atoms with Gasteiger partial charge in [-0.1, -0.05) is 0 Å². The molecule has 0 fully saturated rings. The van der Waals surface area contributed by atoms with Crippen LogP contribution in [0.4, 0.5) is 11.4 Å². The molecule has 0 saturated carbocycles. The van der Waals surface area contributed by atoms with Gasteiger partial charge in [0.1, 0.15) is 0 Å². The molecule has 5 nitrogen and oxygen atoms in total. The summed E-state index contributed by atoms with van der Waals surface area (Å²) in [5.41, 5.74) is 3.01. The first-order valence-electron chi connectivity index (χ1n) is 6.26. The van der Waals surface area contributed by atoms with Gasteiger partial charge in [0.15, 0.2) is 0 Å². The molecule has 2 aromatic rings. The van der Waals surface area contributed by atoms with E-state index in [9.17, 15) is 9.59 Å². The van der Waals surface area contributed by atoms with Gasteiger partial charge in [0.2, 0.25) is 5.91 Å². The third-order valence-electron chi connectivity index (χ3n) is 3.34. The van der Waals surface area contributed by atoms with Crippen molar-refractivity contribution in [3.8, 4) is 0 Å². The number of hydrogen-bond donors (Lipinski definition) is 1. The van der Waals surface area contributed by atoms with Crippen molar-refractivity contribution in [1.29, 1.82) is 0 Å². The van der Waals surface area contributed by atoms with Gasteiger partial charge in [-0.2, -0.15) is 0 Å². The molecule has 0 unspecified atom stereocenters. The number of fused-ring (bicyclic) bond motifs is 1. The summed E-state index contributed by atoms with van der Waals surface area (Å²) in [6.45, 7) is 0. The van der Waals surface area contributed by atoms with E-state index in [-0.39, 0.29) is 11.8 Å². The molecule has 1 aliphatic heterocycles. The predicted molar refractivity (Wildman–Crippen MR) is 75.7 cm³/mol. The van der Waals surface area contributed by atoms with Gasteiger partial charge < -0.3 is 10.2 Å². The van der Waals surface area contributed by atoms with E-state index in [0.29, 0.717) is 17.7 Å². The molecule has 1 aromatic heterocycles. The number of nitrogens with zero attached hydrogens (tertiary/aromatic N) is 2. The van der Waals surface area contributed by atoms with Gasteiger partial charge in [0.25, 0.3) is 5.91 Å². The highest BCUT2D eigenvalue weighted by Gasteiger charge is 2.24. The number of carbonyl (C=O) groups is 2. The molecule has 100 valence electrons. The third kappa shape index (κ3) is 2.14. The second-order valence-corrected chi connectivity index (χ2v) is 4.67. The largest absolute Gasteiger partial charge is 0.322 e. The van der Waals surface area contributed by atoms with Crippen LogP contribution in [0.1, 0.15) is 15.9 Å². The van der Waals surface area contributed by atoms with Crippen LogP contribution in [0, 0.1) is 0 Å². The smallest absolute Gasteiger partial charge is 0.257 e. The van der Waals surface area contributed by atoms with Crippen LogP contribution in [0.15, 0.2) is 42.7 Å². The molecule has 0 bridgehead atoms. The third-order valence-corrected chi connectivity index (χ3v) is 3.34. The second kappa shape index (κ2) is 4.77. The lowest BCUT2D eigenvalue weighted by Gasteiger charge is -2.11. The zero-order chi connectivity index (χ0) is 14.1. The number of aromatic nitrogens is 1. The Bertz CT molecular complexity index is 683. The van der Waals surface area contributed by atoms with E-state index in [0.717, 1.165) is 11.3 Å². The van der Waals surface area contributed by atoms with Gasteiger partial charge in [-0.15, -0.1) is 0 Å². The van der Waals surface area contributed by atoms with Crippen LogP contribution >= 0.6 is 0 Å². The van der Waals surface area contributed by atoms with Crippen molar-refractivity contribution in [2.45, 2.75) is 6.42 Å². The maximum absolute atomic E-state index is 12.0. The number of nitrogens with one attached hydrogen (secondary N) is 1. The van der Waals surface area contributed by atoms with Gasteiger partial charge >= 0.3 is 0 Å². The molecule has 2 amide bonds. The number of rotatable bonds is 2. The lowest BCUT2D eigenvalue weighted by atomic mass is 10.1. The van der Waals surface area contributed by atoms with Crippen LogP contribution < -0.4 is 10.2 Å². The van der Waals surface area contributed by atoms with Gasteiger partial charge in [-0.05, 0) is 35.9 Å². The highest BCUT2D eigenvalue weighted by atomic mass is 16.2. The van der Waals surface area contributed by atoms with Crippen LogP contribution in [0.5, 0.6) is 0 Å². The predicted octanol–water partition coefficient (Wildman–Crippen LogP) is 1.85. The average molecular weight is 267 g/mol. The Morgan fingerprint density at radius 2 is 2.20 bits per heavy atom. The molecule has 20 heavy (non-hydrogen) atoms. The lowest BCUT2D eigenvalue weighted by Crippen LogP contribution is -2.20. The molecular weight excluding hydrogens is 254 g/mol. The maximum Gasteiger partial charge on any atom is 0.257 e. The fourth-order valence-corrected chi connectivity index (χ4v) is 2.25. The number of amides is 2. The summed E-state index contributed by atoms with van der Waals surface area (Å²) in [7, 11) is 1.75. The monoisotopic (exact) mass is 267 g/mol. The van der Waals surface area contributed by atoms with Crippen molar-refractivity contribution < 1.29 is 9.59 Å². The van der Waals surface area contributed by atoms with Crippen LogP contribution in [0.2, 0.25) is 0 Å². The molecule has 1 N–H and O–H groups in total. The number of hydrogen-bond acceptors (Lipinski definition) is 3. The molecular formula is C15H13N3O2. The van der Waals surface area contributed by atoms with Crippen molar-refractivity contribution in [1.82, 2.24) is 4.98 Å². The molecule has 0 aliphatic carbocycles. The summed E-state index contributed by atoms with van der Waals surface area (Å²) in [6, 6.07) is 8.89. The lowest BCUT2D eigenvalue weighted by molar-refractivity contribution is -0.117. The van der Waals surface area contributed by atoms with E-state index in [1.165, 1.54) is 6.20 Å². The van der Waals surface area contributed by atoms with Gasteiger partial charge in [-0.25, -0.2) is 0 Å². The number of pyridine rings is 1. The molecule has 2 heterocycles. The quantitative estimate of drug-likeness (QED) is 0.903. The van der Waals surface area contributed by atoms with Gasteiger partial charge in [0.05, 0.1) is 12.0 Å². The van der Waals surface area contributed by atoms with Crippen molar-refractivity contribution in [3.05, 3.63) is 53.9 Å². The van der Waals surface area contributed by atoms with Crippen molar-refractivity contribution in [2.75, 3.05) is 17.3 Å². The first-order valence-corrected chi connectivity index (χ1v) is 6.26. The molecule has 0 radical (unpaired) electrons. The minimum Gasteiger partial charge on any atom is -0.322 e. The summed E-state index contributed by atoms with van der Waals surface area (Å²) in [5, 5.41) is 2.81. The van der Waals surface area contributed by atoms with Gasteiger partial charge in [0, 0.05) is 30.8 Å². The van der Waals surface area contributed by atoms with E-state index < -0.39 is 0 Å². The highest BCUT2D eigenvalue weighted by molar-refractivity contribution is 6.05. The highest BCUT2D eigenvalue weighted by Crippen LogP contribution is 2.30. The summed E-state index contributed by atoms with van der Waals surface area (Å²) in [6.07, 6.45) is 3.51. The minimum atomic E-state index is -0.212. The van der Waals surface area contributed by atoms with E-state index >= 15 is 0 Å². The summed E-state index contributed by atoms with van der Waals surface area (Å²) in [5.74, 6) is -0.147. The SMILES string of the molecule is CN1C(=O)Cc2cc(NC(=O)c3cccnc3)ccc21. The van der Waals surface area contributed by atoms with Gasteiger partial charge in [-0.3, -0.25) is 14.6 Å². The number of likely N-dealkylation sites (N-methyl/N-ethyl adjacent to an activating group) is 1. The summed E-state index contributed by atoms with van der Waals surface area (Å²) in [4.78, 5) is 29.2. The molecule has 0 saturated heterocycles. The number of anilines is 2. The van der Waals surface area contributed by atoms with E-state index in [1.54, 1.807) is 36.3 Å². The maximum atomic E-state index is 12.0. The van der Waals surface area contributed by atoms with E-state index in [2.05, 4.69) is 10.3 Å². The van der Waals surface area contributed by atoms with Crippen LogP contribution in [0.3, 0.4) is 0 Å². The van der Waals surface area contributed by atoms with Crippen molar-refractivity contribution >= 4 is 23.2 Å². The molecule has 0 atom stereocenters. The zero-order valence-electron chi connectivity index (χ0n) is 11.0. The Labute approximate surface area is 116 Å². The molecule has 1 aromatic carbocycles. The first kappa shape index (κ1) is 12.3.